The van der Waals surface area contributed by atoms with E-state index in [-0.39, 0.29) is 12.0 Å². The van der Waals surface area contributed by atoms with Crippen molar-refractivity contribution < 1.29 is 24.6 Å². The van der Waals surface area contributed by atoms with Gasteiger partial charge in [0.25, 0.3) is 0 Å². The van der Waals surface area contributed by atoms with E-state index in [4.69, 9.17) is 4.84 Å². The third-order valence-electron chi connectivity index (χ3n) is 6.99. The molecule has 4 N–H and O–H groups in total. The minimum absolute atomic E-state index is 0.150. The molecule has 10 heteroatoms. The Labute approximate surface area is 184 Å². The molecule has 1 aliphatic heterocycles. The van der Waals surface area contributed by atoms with Gasteiger partial charge in [0.15, 0.2) is 5.65 Å². The maximum atomic E-state index is 11.3. The SMILES string of the molecule is CCn1ncc2c(NC3CCC(C(=O)O)CC3)c(C3=CC4(CC(C(=O)O)C4)ON3)cnc21. The number of hydroxylamine groups is 1. The zero-order valence-corrected chi connectivity index (χ0v) is 17.9. The van der Waals surface area contributed by atoms with Gasteiger partial charge in [0.1, 0.15) is 5.60 Å². The Balaban J connectivity index is 1.46. The minimum atomic E-state index is -0.796. The van der Waals surface area contributed by atoms with E-state index >= 15 is 0 Å². The molecule has 5 rings (SSSR count). The lowest BCUT2D eigenvalue weighted by molar-refractivity contribution is -0.162. The summed E-state index contributed by atoms with van der Waals surface area (Å²) in [6, 6.07) is 0.150. The number of anilines is 1. The van der Waals surface area contributed by atoms with Gasteiger partial charge in [0.2, 0.25) is 0 Å². The Bertz CT molecular complexity index is 1100. The van der Waals surface area contributed by atoms with E-state index < -0.39 is 23.5 Å². The standard InChI is InChI=1S/C22H27N5O5/c1-2-27-19-16(11-24-27)18(25-14-5-3-12(4-6-14)20(28)29)15(10-23-19)17-9-22(32-26-17)7-13(8-22)21(30)31/h9-14,26H,2-8H2,1H3,(H,23,25)(H,28,29)(H,30,31). The molecule has 2 aromatic heterocycles. The Kier molecular flexibility index (Phi) is 5.04. The van der Waals surface area contributed by atoms with Gasteiger partial charge in [-0.2, -0.15) is 5.10 Å². The number of carboxylic acids is 2. The van der Waals surface area contributed by atoms with E-state index in [9.17, 15) is 19.8 Å². The second-order valence-electron chi connectivity index (χ2n) is 9.05. The fourth-order valence-corrected chi connectivity index (χ4v) is 5.07. The fraction of sp³-hybridized carbons (Fsp3) is 0.545. The molecule has 2 aromatic rings. The van der Waals surface area contributed by atoms with E-state index in [1.54, 1.807) is 12.4 Å². The van der Waals surface area contributed by atoms with Crippen LogP contribution in [0.3, 0.4) is 0 Å². The number of hydrogen-bond acceptors (Lipinski definition) is 7. The highest BCUT2D eigenvalue weighted by atomic mass is 16.7. The number of pyridine rings is 1. The quantitative estimate of drug-likeness (QED) is 0.533. The Morgan fingerprint density at radius 3 is 2.56 bits per heavy atom. The Hall–Kier alpha value is -3.14. The van der Waals surface area contributed by atoms with Crippen molar-refractivity contribution in [3.63, 3.8) is 0 Å². The Morgan fingerprint density at radius 2 is 1.91 bits per heavy atom. The number of carbonyl (C=O) groups is 2. The van der Waals surface area contributed by atoms with Crippen LogP contribution in [0.25, 0.3) is 16.7 Å². The third-order valence-corrected chi connectivity index (χ3v) is 6.99. The van der Waals surface area contributed by atoms with Gasteiger partial charge < -0.3 is 15.5 Å². The molecule has 2 fully saturated rings. The van der Waals surface area contributed by atoms with Crippen molar-refractivity contribution in [1.82, 2.24) is 20.2 Å². The maximum absolute atomic E-state index is 11.3. The predicted molar refractivity (Wildman–Crippen MR) is 115 cm³/mol. The van der Waals surface area contributed by atoms with Gasteiger partial charge in [0.05, 0.1) is 34.8 Å². The van der Waals surface area contributed by atoms with Crippen molar-refractivity contribution in [3.05, 3.63) is 24.0 Å². The summed E-state index contributed by atoms with van der Waals surface area (Å²) < 4.78 is 1.84. The molecular weight excluding hydrogens is 414 g/mol. The van der Waals surface area contributed by atoms with E-state index in [1.165, 1.54) is 0 Å². The number of nitrogens with zero attached hydrogens (tertiary/aromatic N) is 3. The second-order valence-corrected chi connectivity index (χ2v) is 9.05. The number of hydrogen-bond donors (Lipinski definition) is 4. The van der Waals surface area contributed by atoms with Gasteiger partial charge in [-0.15, -0.1) is 0 Å². The van der Waals surface area contributed by atoms with Crippen LogP contribution in [0, 0.1) is 11.8 Å². The molecule has 2 aliphatic carbocycles. The smallest absolute Gasteiger partial charge is 0.306 e. The first kappa shape index (κ1) is 20.7. The summed E-state index contributed by atoms with van der Waals surface area (Å²) in [5.41, 5.74) is 5.66. The van der Waals surface area contributed by atoms with Crippen LogP contribution in [0.1, 0.15) is 51.0 Å². The molecule has 0 aromatic carbocycles. The van der Waals surface area contributed by atoms with Crippen molar-refractivity contribution in [2.24, 2.45) is 11.8 Å². The van der Waals surface area contributed by atoms with Crippen molar-refractivity contribution in [2.45, 2.75) is 63.6 Å². The molecule has 3 aliphatic rings. The summed E-state index contributed by atoms with van der Waals surface area (Å²) in [6.07, 6.45) is 9.26. The minimum Gasteiger partial charge on any atom is -0.481 e. The van der Waals surface area contributed by atoms with Crippen LogP contribution in [0.4, 0.5) is 5.69 Å². The monoisotopic (exact) mass is 441 g/mol. The summed E-state index contributed by atoms with van der Waals surface area (Å²) in [7, 11) is 0. The number of aryl methyl sites for hydroxylation is 1. The van der Waals surface area contributed by atoms with Gasteiger partial charge in [-0.1, -0.05) is 0 Å². The van der Waals surface area contributed by atoms with Gasteiger partial charge in [0, 0.05) is 24.3 Å². The van der Waals surface area contributed by atoms with Gasteiger partial charge in [-0.25, -0.2) is 9.67 Å². The van der Waals surface area contributed by atoms with E-state index in [2.05, 4.69) is 20.9 Å². The summed E-state index contributed by atoms with van der Waals surface area (Å²) in [5, 5.41) is 27.5. The molecule has 1 spiro atoms. The molecule has 10 nitrogen and oxygen atoms in total. The largest absolute Gasteiger partial charge is 0.481 e. The van der Waals surface area contributed by atoms with E-state index in [0.717, 1.165) is 40.8 Å². The molecule has 2 saturated carbocycles. The molecule has 170 valence electrons. The zero-order chi connectivity index (χ0) is 22.5. The summed E-state index contributed by atoms with van der Waals surface area (Å²) in [6.45, 7) is 2.71. The lowest BCUT2D eigenvalue weighted by atomic mass is 9.70. The average molecular weight is 441 g/mol. The van der Waals surface area contributed by atoms with Gasteiger partial charge >= 0.3 is 11.9 Å². The molecule has 0 bridgehead atoms. The highest BCUT2D eigenvalue weighted by Crippen LogP contribution is 2.47. The molecular formula is C22H27N5O5. The molecule has 0 atom stereocenters. The third kappa shape index (κ3) is 3.48. The number of nitrogens with one attached hydrogen (secondary N) is 2. The highest BCUT2D eigenvalue weighted by Gasteiger charge is 2.51. The lowest BCUT2D eigenvalue weighted by Crippen LogP contribution is -2.46. The van der Waals surface area contributed by atoms with Crippen molar-refractivity contribution in [3.8, 4) is 0 Å². The fourth-order valence-electron chi connectivity index (χ4n) is 5.07. The summed E-state index contributed by atoms with van der Waals surface area (Å²) >= 11 is 0. The molecule has 0 saturated heterocycles. The lowest BCUT2D eigenvalue weighted by Gasteiger charge is -2.39. The second kappa shape index (κ2) is 7.77. The number of rotatable bonds is 6. The number of aromatic nitrogens is 3. The molecule has 0 radical (unpaired) electrons. The first-order valence-corrected chi connectivity index (χ1v) is 11.1. The zero-order valence-electron chi connectivity index (χ0n) is 17.9. The topological polar surface area (TPSA) is 139 Å². The highest BCUT2D eigenvalue weighted by molar-refractivity contribution is 5.96. The van der Waals surface area contributed by atoms with Crippen molar-refractivity contribution >= 4 is 34.4 Å². The van der Waals surface area contributed by atoms with Crippen LogP contribution >= 0.6 is 0 Å². The van der Waals surface area contributed by atoms with Crippen molar-refractivity contribution in [1.29, 1.82) is 0 Å². The molecule has 32 heavy (non-hydrogen) atoms. The van der Waals surface area contributed by atoms with Crippen LogP contribution in [-0.4, -0.2) is 48.6 Å². The number of fused-ring (bicyclic) bond motifs is 1. The normalized spacial score (nSPS) is 29.4. The van der Waals surface area contributed by atoms with E-state index in [0.29, 0.717) is 32.2 Å². The maximum Gasteiger partial charge on any atom is 0.306 e. The number of carboxylic acid groups (broad SMARTS) is 2. The first-order valence-electron chi connectivity index (χ1n) is 11.1. The van der Waals surface area contributed by atoms with Crippen LogP contribution in [-0.2, 0) is 21.0 Å². The van der Waals surface area contributed by atoms with Crippen LogP contribution < -0.4 is 10.8 Å². The summed E-state index contributed by atoms with van der Waals surface area (Å²) in [5.74, 6) is -2.18. The van der Waals surface area contributed by atoms with E-state index in [1.807, 2.05) is 17.7 Å². The molecule has 0 amide bonds. The first-order chi connectivity index (χ1) is 15.4. The number of aliphatic carboxylic acids is 2. The molecule has 0 unspecified atom stereocenters. The Morgan fingerprint density at radius 1 is 1.19 bits per heavy atom. The predicted octanol–water partition coefficient (Wildman–Crippen LogP) is 2.62. The van der Waals surface area contributed by atoms with Crippen molar-refractivity contribution in [2.75, 3.05) is 5.32 Å². The molecule has 3 heterocycles. The van der Waals surface area contributed by atoms with Gasteiger partial charge in [-0.05, 0) is 51.5 Å². The average Bonchev–Trinajstić information content (AvgIpc) is 3.38. The summed E-state index contributed by atoms with van der Waals surface area (Å²) in [4.78, 5) is 33.0. The van der Waals surface area contributed by atoms with Crippen LogP contribution in [0.15, 0.2) is 18.5 Å². The van der Waals surface area contributed by atoms with Gasteiger partial charge in [-0.3, -0.25) is 19.9 Å². The van der Waals surface area contributed by atoms with Crippen LogP contribution in [0.5, 0.6) is 0 Å². The van der Waals surface area contributed by atoms with Crippen LogP contribution in [0.2, 0.25) is 0 Å².